The van der Waals surface area contributed by atoms with Crippen LogP contribution >= 0.6 is 31.9 Å². The Bertz CT molecular complexity index is 366. The van der Waals surface area contributed by atoms with Gasteiger partial charge in [0.1, 0.15) is 9.23 Å². The number of fused-ring (bicyclic) bond motifs is 1. The third-order valence-corrected chi connectivity index (χ3v) is 3.16. The van der Waals surface area contributed by atoms with Crippen LogP contribution in [-0.4, -0.2) is 9.52 Å². The Labute approximate surface area is 100 Å². The van der Waals surface area contributed by atoms with Gasteiger partial charge in [-0.2, -0.15) is 0 Å². The normalized spacial score (nSPS) is 26.1. The first-order valence-electron chi connectivity index (χ1n) is 4.45. The van der Waals surface area contributed by atoms with Crippen molar-refractivity contribution in [1.82, 2.24) is 4.90 Å². The lowest BCUT2D eigenvalue weighted by molar-refractivity contribution is 0.654. The van der Waals surface area contributed by atoms with Crippen molar-refractivity contribution in [3.8, 4) is 0 Å². The second-order valence-electron chi connectivity index (χ2n) is 3.41. The van der Waals surface area contributed by atoms with Crippen LogP contribution in [-0.2, 0) is 0 Å². The van der Waals surface area contributed by atoms with Crippen molar-refractivity contribution in [2.24, 2.45) is 10.9 Å². The van der Waals surface area contributed by atoms with Crippen molar-refractivity contribution in [2.75, 3.05) is 0 Å². The second kappa shape index (κ2) is 4.03. The van der Waals surface area contributed by atoms with Crippen molar-refractivity contribution >= 4 is 36.5 Å². The molecule has 1 unspecified atom stereocenters. The summed E-state index contributed by atoms with van der Waals surface area (Å²) in [7, 11) is 0. The highest BCUT2D eigenvalue weighted by atomic mass is 79.9. The van der Waals surface area contributed by atoms with Crippen LogP contribution in [0.2, 0.25) is 0 Å². The molecular weight excluding hydrogens is 308 g/mol. The molecule has 0 amide bonds. The summed E-state index contributed by atoms with van der Waals surface area (Å²) >= 11 is 6.83. The van der Waals surface area contributed by atoms with E-state index in [0.717, 1.165) is 21.3 Å². The first kappa shape index (κ1) is 10.2. The Kier molecular flexibility index (Phi) is 2.93. The van der Waals surface area contributed by atoms with Crippen LogP contribution < -0.4 is 0 Å². The zero-order valence-corrected chi connectivity index (χ0v) is 10.9. The van der Waals surface area contributed by atoms with Gasteiger partial charge in [0.15, 0.2) is 0 Å². The molecule has 0 N–H and O–H groups in total. The van der Waals surface area contributed by atoms with Crippen LogP contribution in [0.3, 0.4) is 0 Å². The van der Waals surface area contributed by atoms with Gasteiger partial charge in [-0.05, 0) is 44.2 Å². The molecule has 2 aliphatic heterocycles. The topological polar surface area (TPSA) is 15.6 Å². The van der Waals surface area contributed by atoms with Gasteiger partial charge in [-0.1, -0.05) is 19.1 Å². The molecule has 0 radical (unpaired) electrons. The Balaban J connectivity index is 2.39. The summed E-state index contributed by atoms with van der Waals surface area (Å²) in [6.07, 6.45) is 9.50. The van der Waals surface area contributed by atoms with Gasteiger partial charge in [0.05, 0.1) is 5.70 Å². The monoisotopic (exact) mass is 316 g/mol. The third kappa shape index (κ3) is 2.01. The first-order valence-corrected chi connectivity index (χ1v) is 6.04. The van der Waals surface area contributed by atoms with E-state index in [2.05, 4.69) is 67.0 Å². The van der Waals surface area contributed by atoms with E-state index in [4.69, 9.17) is 0 Å². The summed E-state index contributed by atoms with van der Waals surface area (Å²) in [6, 6.07) is 0. The maximum Gasteiger partial charge on any atom is 0.131 e. The molecule has 2 nitrogen and oxygen atoms in total. The fourth-order valence-electron chi connectivity index (χ4n) is 1.40. The Morgan fingerprint density at radius 1 is 1.50 bits per heavy atom. The highest BCUT2D eigenvalue weighted by molar-refractivity contribution is 9.18. The van der Waals surface area contributed by atoms with E-state index in [0.29, 0.717) is 5.92 Å². The van der Waals surface area contributed by atoms with Gasteiger partial charge in [-0.15, -0.1) is 0 Å². The van der Waals surface area contributed by atoms with Gasteiger partial charge in [-0.3, -0.25) is 0 Å². The molecule has 0 saturated heterocycles. The summed E-state index contributed by atoms with van der Waals surface area (Å²) in [5, 5.41) is 0. The molecular formula is C10H10Br2N2. The number of allylic oxidation sites excluding steroid dienone is 3. The lowest BCUT2D eigenvalue weighted by Gasteiger charge is -2.21. The van der Waals surface area contributed by atoms with Gasteiger partial charge in [0.2, 0.25) is 0 Å². The minimum atomic E-state index is 0.584. The number of hydrogen-bond donors (Lipinski definition) is 0. The molecule has 0 aromatic carbocycles. The molecule has 2 heterocycles. The zero-order valence-electron chi connectivity index (χ0n) is 7.74. The van der Waals surface area contributed by atoms with Crippen molar-refractivity contribution < 1.29 is 0 Å². The Morgan fingerprint density at radius 3 is 3.07 bits per heavy atom. The highest BCUT2D eigenvalue weighted by Crippen LogP contribution is 2.27. The fraction of sp³-hybridized carbons (Fsp3) is 0.300. The van der Waals surface area contributed by atoms with Gasteiger partial charge < -0.3 is 4.90 Å². The molecule has 0 saturated carbocycles. The van der Waals surface area contributed by atoms with Crippen LogP contribution in [0.4, 0.5) is 0 Å². The average molecular weight is 318 g/mol. The van der Waals surface area contributed by atoms with E-state index in [1.807, 2.05) is 6.20 Å². The minimum absolute atomic E-state index is 0.584. The molecule has 0 fully saturated rings. The summed E-state index contributed by atoms with van der Waals surface area (Å²) in [5.74, 6) is 0.584. The predicted molar refractivity (Wildman–Crippen MR) is 66.2 cm³/mol. The van der Waals surface area contributed by atoms with Crippen LogP contribution in [0.1, 0.15) is 13.3 Å². The summed E-state index contributed by atoms with van der Waals surface area (Å²) < 4.78 is 1.71. The molecule has 14 heavy (non-hydrogen) atoms. The molecule has 74 valence electrons. The molecule has 0 spiro atoms. The number of rotatable bonds is 0. The molecule has 0 bridgehead atoms. The molecule has 2 rings (SSSR count). The smallest absolute Gasteiger partial charge is 0.131 e. The van der Waals surface area contributed by atoms with Crippen molar-refractivity contribution in [3.63, 3.8) is 0 Å². The van der Waals surface area contributed by atoms with Crippen LogP contribution in [0.15, 0.2) is 39.8 Å². The van der Waals surface area contributed by atoms with Crippen LogP contribution in [0.5, 0.6) is 0 Å². The molecule has 0 aliphatic carbocycles. The van der Waals surface area contributed by atoms with E-state index in [-0.39, 0.29) is 0 Å². The maximum atomic E-state index is 4.30. The number of hydrogen-bond acceptors (Lipinski definition) is 2. The van der Waals surface area contributed by atoms with Gasteiger partial charge >= 0.3 is 0 Å². The quantitative estimate of drug-likeness (QED) is 0.622. The lowest BCUT2D eigenvalue weighted by atomic mass is 10.1. The van der Waals surface area contributed by atoms with Crippen molar-refractivity contribution in [1.29, 1.82) is 0 Å². The number of halogens is 2. The Hall–Kier alpha value is -0.350. The van der Waals surface area contributed by atoms with E-state index in [9.17, 15) is 0 Å². The fourth-order valence-corrected chi connectivity index (χ4v) is 2.59. The lowest BCUT2D eigenvalue weighted by Crippen LogP contribution is -2.17. The van der Waals surface area contributed by atoms with Crippen LogP contribution in [0.25, 0.3) is 0 Å². The maximum absolute atomic E-state index is 4.30. The molecule has 0 aromatic heterocycles. The van der Waals surface area contributed by atoms with E-state index >= 15 is 0 Å². The van der Waals surface area contributed by atoms with E-state index in [1.165, 1.54) is 0 Å². The zero-order chi connectivity index (χ0) is 10.1. The minimum Gasteiger partial charge on any atom is -0.319 e. The SMILES string of the molecule is CC1C=CN2C=C(Br)N=C(Br)C2=CC1. The van der Waals surface area contributed by atoms with Crippen molar-refractivity contribution in [3.05, 3.63) is 34.9 Å². The summed E-state index contributed by atoms with van der Waals surface area (Å²) in [4.78, 5) is 6.38. The molecule has 1 atom stereocenters. The van der Waals surface area contributed by atoms with E-state index < -0.39 is 0 Å². The van der Waals surface area contributed by atoms with Crippen LogP contribution in [0, 0.1) is 5.92 Å². The largest absolute Gasteiger partial charge is 0.319 e. The first-order chi connectivity index (χ1) is 6.66. The second-order valence-corrected chi connectivity index (χ2v) is 4.97. The van der Waals surface area contributed by atoms with Gasteiger partial charge in [0, 0.05) is 12.4 Å². The molecule has 2 aliphatic rings. The average Bonchev–Trinajstić information content (AvgIpc) is 2.28. The van der Waals surface area contributed by atoms with E-state index in [1.54, 1.807) is 0 Å². The number of aliphatic imine (C=N–C) groups is 1. The predicted octanol–water partition coefficient (Wildman–Crippen LogP) is 3.73. The highest BCUT2D eigenvalue weighted by Gasteiger charge is 2.17. The number of nitrogens with zero attached hydrogens (tertiary/aromatic N) is 2. The van der Waals surface area contributed by atoms with Gasteiger partial charge in [0.25, 0.3) is 0 Å². The Morgan fingerprint density at radius 2 is 2.29 bits per heavy atom. The standard InChI is InChI=1S/C10H10Br2N2/c1-7-2-3-8-10(12)13-9(11)6-14(8)5-4-7/h3-7H,2H2,1H3. The molecule has 4 heteroatoms. The molecule has 0 aromatic rings. The van der Waals surface area contributed by atoms with Gasteiger partial charge in [-0.25, -0.2) is 4.99 Å². The van der Waals surface area contributed by atoms with Crippen molar-refractivity contribution in [2.45, 2.75) is 13.3 Å². The third-order valence-electron chi connectivity index (χ3n) is 2.20. The summed E-state index contributed by atoms with van der Waals surface area (Å²) in [6.45, 7) is 2.20. The summed E-state index contributed by atoms with van der Waals surface area (Å²) in [5.41, 5.74) is 1.12.